The molecule has 1 heterocycles. The van der Waals surface area contributed by atoms with Crippen LogP contribution >= 0.6 is 0 Å². The Labute approximate surface area is 200 Å². The molecule has 0 spiro atoms. The average molecular weight is 483 g/mol. The minimum absolute atomic E-state index is 0.0201. The summed E-state index contributed by atoms with van der Waals surface area (Å²) in [6.07, 6.45) is -0.431. The van der Waals surface area contributed by atoms with Gasteiger partial charge in [-0.2, -0.15) is 0 Å². The summed E-state index contributed by atoms with van der Waals surface area (Å²) in [5, 5.41) is 17.5. The van der Waals surface area contributed by atoms with Crippen LogP contribution in [0.3, 0.4) is 0 Å². The second-order valence-corrected chi connectivity index (χ2v) is 9.36. The summed E-state index contributed by atoms with van der Waals surface area (Å²) < 4.78 is 0. The molecule has 0 aliphatic carbocycles. The van der Waals surface area contributed by atoms with Crippen LogP contribution in [0.15, 0.2) is 0 Å². The Hall–Kier alpha value is -2.66. The number of nitrogens with two attached hydrogens (primary N) is 1. The van der Waals surface area contributed by atoms with Gasteiger partial charge in [-0.1, -0.05) is 13.8 Å². The van der Waals surface area contributed by atoms with Gasteiger partial charge in [0.05, 0.1) is 24.7 Å². The maximum atomic E-state index is 13.0. The zero-order valence-electron chi connectivity index (χ0n) is 20.2. The Morgan fingerprint density at radius 3 is 2.29 bits per heavy atom. The van der Waals surface area contributed by atoms with Gasteiger partial charge in [-0.15, -0.1) is 0 Å². The molecule has 0 aromatic rings. The zero-order chi connectivity index (χ0) is 25.8. The van der Waals surface area contributed by atoms with E-state index in [4.69, 9.17) is 5.73 Å². The maximum Gasteiger partial charge on any atom is 0.223 e. The third-order valence-corrected chi connectivity index (χ3v) is 5.58. The number of amides is 3. The van der Waals surface area contributed by atoms with E-state index >= 15 is 0 Å². The van der Waals surface area contributed by atoms with E-state index in [0.717, 1.165) is 0 Å². The maximum absolute atomic E-state index is 13.0. The van der Waals surface area contributed by atoms with Crippen LogP contribution in [0.25, 0.3) is 0 Å². The van der Waals surface area contributed by atoms with E-state index < -0.39 is 47.6 Å². The molecule has 1 rings (SSSR count). The van der Waals surface area contributed by atoms with Crippen LogP contribution in [0, 0.1) is 11.8 Å². The first-order chi connectivity index (χ1) is 15.9. The summed E-state index contributed by atoms with van der Waals surface area (Å²) in [7, 11) is 0. The monoisotopic (exact) mass is 482 g/mol. The van der Waals surface area contributed by atoms with Crippen LogP contribution in [0.1, 0.15) is 65.7 Å². The quantitative estimate of drug-likeness (QED) is 0.188. The minimum Gasteiger partial charge on any atom is -0.392 e. The van der Waals surface area contributed by atoms with Crippen LogP contribution in [-0.2, 0) is 28.8 Å². The molecule has 1 aliphatic rings. The molecular weight excluding hydrogens is 444 g/mol. The van der Waals surface area contributed by atoms with Crippen LogP contribution < -0.4 is 21.7 Å². The average Bonchev–Trinajstić information content (AvgIpc) is 3.18. The number of hydrogen-bond donors (Lipinski definition) is 5. The van der Waals surface area contributed by atoms with Crippen LogP contribution in [0.4, 0.5) is 0 Å². The van der Waals surface area contributed by atoms with Crippen molar-refractivity contribution >= 4 is 35.1 Å². The highest BCUT2D eigenvalue weighted by atomic mass is 16.3. The third-order valence-electron chi connectivity index (χ3n) is 5.58. The lowest BCUT2D eigenvalue weighted by Crippen LogP contribution is -2.44. The van der Waals surface area contributed by atoms with E-state index in [2.05, 4.69) is 16.0 Å². The second-order valence-electron chi connectivity index (χ2n) is 9.36. The van der Waals surface area contributed by atoms with Gasteiger partial charge in [-0.25, -0.2) is 0 Å². The predicted molar refractivity (Wildman–Crippen MR) is 123 cm³/mol. The Morgan fingerprint density at radius 2 is 1.76 bits per heavy atom. The fourth-order valence-electron chi connectivity index (χ4n) is 3.83. The molecule has 11 nitrogen and oxygen atoms in total. The van der Waals surface area contributed by atoms with E-state index in [-0.39, 0.29) is 56.1 Å². The molecule has 1 aliphatic heterocycles. The van der Waals surface area contributed by atoms with Crippen molar-refractivity contribution in [2.75, 3.05) is 13.1 Å². The summed E-state index contributed by atoms with van der Waals surface area (Å²) >= 11 is 0. The molecule has 11 heteroatoms. The van der Waals surface area contributed by atoms with Gasteiger partial charge in [0.1, 0.15) is 11.6 Å². The molecule has 192 valence electrons. The molecule has 6 N–H and O–H groups in total. The number of hydrogen-bond acceptors (Lipinski definition) is 8. The minimum atomic E-state index is -1.03. The van der Waals surface area contributed by atoms with E-state index in [1.165, 1.54) is 6.92 Å². The highest BCUT2D eigenvalue weighted by molar-refractivity contribution is 5.94. The molecule has 0 unspecified atom stereocenters. The molecule has 1 fully saturated rings. The van der Waals surface area contributed by atoms with Crippen LogP contribution in [0.2, 0.25) is 0 Å². The van der Waals surface area contributed by atoms with E-state index in [0.29, 0.717) is 19.4 Å². The fraction of sp³-hybridized carbons (Fsp3) is 0.739. The molecule has 0 saturated carbocycles. The van der Waals surface area contributed by atoms with Crippen LogP contribution in [-0.4, -0.2) is 71.5 Å². The first-order valence-corrected chi connectivity index (χ1v) is 11.7. The van der Waals surface area contributed by atoms with Crippen molar-refractivity contribution in [2.24, 2.45) is 17.6 Å². The molecular formula is C23H38N4O7. The van der Waals surface area contributed by atoms with Crippen molar-refractivity contribution in [3.8, 4) is 0 Å². The highest BCUT2D eigenvalue weighted by Gasteiger charge is 2.30. The first kappa shape index (κ1) is 29.4. The van der Waals surface area contributed by atoms with Crippen molar-refractivity contribution in [3.05, 3.63) is 0 Å². The van der Waals surface area contributed by atoms with Gasteiger partial charge in [0.15, 0.2) is 5.78 Å². The number of aliphatic hydroxyl groups is 1. The third kappa shape index (κ3) is 11.5. The van der Waals surface area contributed by atoms with Crippen molar-refractivity contribution < 1.29 is 33.9 Å². The smallest absolute Gasteiger partial charge is 0.223 e. The van der Waals surface area contributed by atoms with E-state index in [1.54, 1.807) is 0 Å². The summed E-state index contributed by atoms with van der Waals surface area (Å²) in [4.78, 5) is 72.6. The normalized spacial score (nSPS) is 19.3. The number of aliphatic hydroxyl groups excluding tert-OH is 1. The molecule has 0 bridgehead atoms. The van der Waals surface area contributed by atoms with E-state index in [9.17, 15) is 33.9 Å². The first-order valence-electron chi connectivity index (χ1n) is 11.7. The molecule has 1 saturated heterocycles. The zero-order valence-corrected chi connectivity index (χ0v) is 20.2. The van der Waals surface area contributed by atoms with Crippen molar-refractivity contribution in [1.29, 1.82) is 0 Å². The van der Waals surface area contributed by atoms with Crippen LogP contribution in [0.5, 0.6) is 0 Å². The van der Waals surface area contributed by atoms with Gasteiger partial charge in [-0.05, 0) is 32.1 Å². The SMILES string of the molecule is CC(=O)CNC(=O)[C@@H](CC(=O)[C@H](CCC(N)=O)NC(=O)CCC(=O)[C@H]1C[C@H](O)CN1)CC(C)C. The van der Waals surface area contributed by atoms with Gasteiger partial charge in [-0.3, -0.25) is 28.8 Å². The topological polar surface area (TPSA) is 185 Å². The lowest BCUT2D eigenvalue weighted by Gasteiger charge is -2.22. The lowest BCUT2D eigenvalue weighted by molar-refractivity contribution is -0.133. The number of Topliss-reactive ketones (excluding diaryl/α,β-unsaturated/α-hetero) is 3. The molecule has 4 atom stereocenters. The molecule has 0 aromatic carbocycles. The van der Waals surface area contributed by atoms with Gasteiger partial charge in [0.2, 0.25) is 17.7 Å². The molecule has 34 heavy (non-hydrogen) atoms. The Kier molecular flexibility index (Phi) is 12.6. The second kappa shape index (κ2) is 14.6. The largest absolute Gasteiger partial charge is 0.392 e. The number of β-amino-alcohol motifs (C(OH)–C–C–N with tert-alkyl or cyclic N) is 1. The standard InChI is InChI=1S/C23H38N4O7/c1-13(2)8-15(23(34)26-11-14(3)28)9-20(31)17(4-6-21(24)32)27-22(33)7-5-19(30)18-10-16(29)12-25-18/h13,15-18,25,29H,4-12H2,1-3H3,(H2,24,32)(H,26,34)(H,27,33)/t15-,16+,17+,18-/m1/s1. The number of carbonyl (C=O) groups excluding carboxylic acids is 6. The number of carbonyl (C=O) groups is 6. The van der Waals surface area contributed by atoms with Gasteiger partial charge in [0.25, 0.3) is 0 Å². The molecule has 0 aromatic heterocycles. The number of primary amides is 1. The summed E-state index contributed by atoms with van der Waals surface area (Å²) in [6, 6.07) is -1.53. The Morgan fingerprint density at radius 1 is 1.09 bits per heavy atom. The number of nitrogens with one attached hydrogen (secondary N) is 3. The summed E-state index contributed by atoms with van der Waals surface area (Å²) in [5.74, 6) is -3.02. The summed E-state index contributed by atoms with van der Waals surface area (Å²) in [6.45, 7) is 5.33. The highest BCUT2D eigenvalue weighted by Crippen LogP contribution is 2.18. The van der Waals surface area contributed by atoms with Gasteiger partial charge < -0.3 is 26.8 Å². The Bertz CT molecular complexity index is 768. The predicted octanol–water partition coefficient (Wildman–Crippen LogP) is -0.864. The number of rotatable bonds is 16. The van der Waals surface area contributed by atoms with Gasteiger partial charge in [0, 0.05) is 38.1 Å². The lowest BCUT2D eigenvalue weighted by atomic mass is 9.88. The van der Waals surface area contributed by atoms with Crippen molar-refractivity contribution in [2.45, 2.75) is 83.9 Å². The van der Waals surface area contributed by atoms with Gasteiger partial charge >= 0.3 is 0 Å². The number of ketones is 3. The summed E-state index contributed by atoms with van der Waals surface area (Å²) in [5.41, 5.74) is 5.20. The fourth-order valence-corrected chi connectivity index (χ4v) is 3.83. The van der Waals surface area contributed by atoms with E-state index in [1.807, 2.05) is 13.8 Å². The Balaban J connectivity index is 2.76. The van der Waals surface area contributed by atoms with Crippen molar-refractivity contribution in [1.82, 2.24) is 16.0 Å². The van der Waals surface area contributed by atoms with Crippen molar-refractivity contribution in [3.63, 3.8) is 0 Å². The molecule has 3 amide bonds. The molecule has 0 radical (unpaired) electrons.